The van der Waals surface area contributed by atoms with Crippen molar-refractivity contribution in [2.75, 3.05) is 13.2 Å². The molecule has 0 heterocycles. The molecule has 2 aromatic rings. The third kappa shape index (κ3) is 6.66. The average molecular weight is 498 g/mol. The maximum absolute atomic E-state index is 12.8. The zero-order valence-corrected chi connectivity index (χ0v) is 18.4. The number of hydrogen-bond donors (Lipinski definition) is 1. The molecule has 0 aliphatic heterocycles. The highest BCUT2D eigenvalue weighted by Gasteiger charge is 2.26. The molecule has 27 heavy (non-hydrogen) atoms. The highest BCUT2D eigenvalue weighted by atomic mass is 79.9. The summed E-state index contributed by atoms with van der Waals surface area (Å²) in [5, 5.41) is 2.77. The molecule has 1 N–H and O–H groups in total. The first-order chi connectivity index (χ1) is 12.9. The maximum atomic E-state index is 12.8. The first-order valence-corrected chi connectivity index (χ1v) is 10.2. The summed E-state index contributed by atoms with van der Waals surface area (Å²) < 4.78 is 7.49. The van der Waals surface area contributed by atoms with Gasteiger partial charge in [0.05, 0.1) is 0 Å². The summed E-state index contributed by atoms with van der Waals surface area (Å²) in [6.07, 6.45) is 0. The van der Waals surface area contributed by atoms with Gasteiger partial charge in [0, 0.05) is 22.0 Å². The lowest BCUT2D eigenvalue weighted by Crippen LogP contribution is -2.49. The van der Waals surface area contributed by atoms with E-state index in [4.69, 9.17) is 4.74 Å². The van der Waals surface area contributed by atoms with E-state index >= 15 is 0 Å². The van der Waals surface area contributed by atoms with E-state index in [0.717, 1.165) is 14.5 Å². The number of hydrogen-bond acceptors (Lipinski definition) is 3. The van der Waals surface area contributed by atoms with Gasteiger partial charge in [0.2, 0.25) is 5.91 Å². The molecule has 0 spiro atoms. The Morgan fingerprint density at radius 2 is 1.59 bits per heavy atom. The summed E-state index contributed by atoms with van der Waals surface area (Å²) >= 11 is 6.76. The average Bonchev–Trinajstić information content (AvgIpc) is 2.66. The fraction of sp³-hybridized carbons (Fsp3) is 0.300. The van der Waals surface area contributed by atoms with Gasteiger partial charge in [-0.1, -0.05) is 44.0 Å². The van der Waals surface area contributed by atoms with Crippen LogP contribution in [0.1, 0.15) is 19.4 Å². The lowest BCUT2D eigenvalue weighted by molar-refractivity contribution is -0.142. The van der Waals surface area contributed by atoms with Crippen LogP contribution in [0.25, 0.3) is 0 Å². The molecule has 0 radical (unpaired) electrons. The second-order valence-electron chi connectivity index (χ2n) is 5.96. The molecule has 2 rings (SSSR count). The van der Waals surface area contributed by atoms with E-state index in [1.165, 1.54) is 4.90 Å². The number of amides is 2. The van der Waals surface area contributed by atoms with Crippen LogP contribution in [0.2, 0.25) is 0 Å². The minimum Gasteiger partial charge on any atom is -0.484 e. The Balaban J connectivity index is 2.11. The van der Waals surface area contributed by atoms with Crippen LogP contribution in [0.15, 0.2) is 57.5 Å². The van der Waals surface area contributed by atoms with E-state index < -0.39 is 6.04 Å². The second-order valence-corrected chi connectivity index (χ2v) is 7.79. The molecule has 5 nitrogen and oxygen atoms in total. The summed E-state index contributed by atoms with van der Waals surface area (Å²) in [5.74, 6) is 0.159. The van der Waals surface area contributed by atoms with Crippen LogP contribution in [0, 0.1) is 0 Å². The zero-order valence-electron chi connectivity index (χ0n) is 15.2. The largest absolute Gasteiger partial charge is 0.484 e. The summed E-state index contributed by atoms with van der Waals surface area (Å²) in [4.78, 5) is 26.6. The Kier molecular flexibility index (Phi) is 8.31. The maximum Gasteiger partial charge on any atom is 0.261 e. The summed E-state index contributed by atoms with van der Waals surface area (Å²) in [6, 6.07) is 14.3. The van der Waals surface area contributed by atoms with Crippen LogP contribution in [-0.4, -0.2) is 35.9 Å². The number of carbonyl (C=O) groups excluding carboxylic acids is 2. The molecule has 2 aromatic carbocycles. The van der Waals surface area contributed by atoms with E-state index in [2.05, 4.69) is 37.2 Å². The first kappa shape index (κ1) is 21.4. The van der Waals surface area contributed by atoms with Crippen molar-refractivity contribution >= 4 is 43.7 Å². The van der Waals surface area contributed by atoms with Gasteiger partial charge >= 0.3 is 0 Å². The summed E-state index contributed by atoms with van der Waals surface area (Å²) in [7, 11) is 0. The van der Waals surface area contributed by atoms with Gasteiger partial charge in [0.1, 0.15) is 11.8 Å². The van der Waals surface area contributed by atoms with Gasteiger partial charge in [-0.25, -0.2) is 0 Å². The molecule has 7 heteroatoms. The number of nitrogens with one attached hydrogen (secondary N) is 1. The molecular weight excluding hydrogens is 476 g/mol. The highest BCUT2D eigenvalue weighted by Crippen LogP contribution is 2.17. The van der Waals surface area contributed by atoms with Gasteiger partial charge < -0.3 is 15.0 Å². The molecular formula is C20H22Br2N2O3. The third-order valence-corrected chi connectivity index (χ3v) is 5.02. The molecule has 0 saturated heterocycles. The highest BCUT2D eigenvalue weighted by molar-refractivity contribution is 9.10. The van der Waals surface area contributed by atoms with E-state index in [1.807, 2.05) is 43.3 Å². The number of nitrogens with zero attached hydrogens (tertiary/aromatic N) is 1. The monoisotopic (exact) mass is 496 g/mol. The van der Waals surface area contributed by atoms with Crippen LogP contribution < -0.4 is 10.1 Å². The standard InChI is InChI=1S/C20H22Br2N2O3/c1-3-23-20(26)14(2)24(12-15-4-6-16(21)7-5-15)19(25)13-27-18-10-8-17(22)9-11-18/h4-11,14H,3,12-13H2,1-2H3,(H,23,26)/t14-/m0/s1. The molecule has 1 atom stereocenters. The van der Waals surface area contributed by atoms with Gasteiger partial charge in [-0.3, -0.25) is 9.59 Å². The number of carbonyl (C=O) groups is 2. The fourth-order valence-corrected chi connectivity index (χ4v) is 2.98. The molecule has 0 unspecified atom stereocenters. The lowest BCUT2D eigenvalue weighted by atomic mass is 10.1. The fourth-order valence-electron chi connectivity index (χ4n) is 2.45. The predicted molar refractivity (Wildman–Crippen MR) is 112 cm³/mol. The van der Waals surface area contributed by atoms with Crippen molar-refractivity contribution in [2.45, 2.75) is 26.4 Å². The Bertz CT molecular complexity index is 764. The Labute approximate surface area is 176 Å². The molecule has 0 aliphatic carbocycles. The number of rotatable bonds is 8. The summed E-state index contributed by atoms with van der Waals surface area (Å²) in [6.45, 7) is 4.28. The van der Waals surface area contributed by atoms with E-state index in [-0.39, 0.29) is 18.4 Å². The summed E-state index contributed by atoms with van der Waals surface area (Å²) in [5.41, 5.74) is 0.936. The topological polar surface area (TPSA) is 58.6 Å². The van der Waals surface area contributed by atoms with Crippen molar-refractivity contribution < 1.29 is 14.3 Å². The van der Waals surface area contributed by atoms with E-state index in [9.17, 15) is 9.59 Å². The molecule has 0 saturated carbocycles. The molecule has 0 fully saturated rings. The van der Waals surface area contributed by atoms with Crippen molar-refractivity contribution in [3.8, 4) is 5.75 Å². The Morgan fingerprint density at radius 1 is 1.04 bits per heavy atom. The minimum absolute atomic E-state index is 0.137. The van der Waals surface area contributed by atoms with Gasteiger partial charge in [-0.15, -0.1) is 0 Å². The van der Waals surface area contributed by atoms with Gasteiger partial charge in [-0.2, -0.15) is 0 Å². The van der Waals surface area contributed by atoms with Crippen molar-refractivity contribution in [2.24, 2.45) is 0 Å². The Morgan fingerprint density at radius 3 is 2.15 bits per heavy atom. The smallest absolute Gasteiger partial charge is 0.261 e. The normalized spacial score (nSPS) is 11.6. The lowest BCUT2D eigenvalue weighted by Gasteiger charge is -2.28. The number of benzene rings is 2. The second kappa shape index (κ2) is 10.5. The van der Waals surface area contributed by atoms with Crippen molar-refractivity contribution in [1.29, 1.82) is 0 Å². The molecule has 0 bridgehead atoms. The van der Waals surface area contributed by atoms with Crippen LogP contribution in [0.3, 0.4) is 0 Å². The van der Waals surface area contributed by atoms with Crippen molar-refractivity contribution in [3.05, 3.63) is 63.0 Å². The van der Waals surface area contributed by atoms with Crippen LogP contribution in [0.4, 0.5) is 0 Å². The molecule has 0 aromatic heterocycles. The van der Waals surface area contributed by atoms with Gasteiger partial charge in [0.15, 0.2) is 6.61 Å². The van der Waals surface area contributed by atoms with Gasteiger partial charge in [-0.05, 0) is 55.8 Å². The Hall–Kier alpha value is -1.86. The van der Waals surface area contributed by atoms with E-state index in [1.54, 1.807) is 19.1 Å². The number of likely N-dealkylation sites (N-methyl/N-ethyl adjacent to an activating group) is 1. The quantitative estimate of drug-likeness (QED) is 0.596. The zero-order chi connectivity index (χ0) is 19.8. The number of ether oxygens (including phenoxy) is 1. The molecule has 2 amide bonds. The van der Waals surface area contributed by atoms with Crippen LogP contribution >= 0.6 is 31.9 Å². The first-order valence-electron chi connectivity index (χ1n) is 8.60. The third-order valence-electron chi connectivity index (χ3n) is 3.96. The van der Waals surface area contributed by atoms with E-state index in [0.29, 0.717) is 18.8 Å². The van der Waals surface area contributed by atoms with Crippen molar-refractivity contribution in [3.63, 3.8) is 0 Å². The number of halogens is 2. The molecule has 0 aliphatic rings. The van der Waals surface area contributed by atoms with Crippen LogP contribution in [-0.2, 0) is 16.1 Å². The van der Waals surface area contributed by atoms with Crippen molar-refractivity contribution in [1.82, 2.24) is 10.2 Å². The van der Waals surface area contributed by atoms with Crippen LogP contribution in [0.5, 0.6) is 5.75 Å². The predicted octanol–water partition coefficient (Wildman–Crippen LogP) is 4.14. The minimum atomic E-state index is -0.602. The van der Waals surface area contributed by atoms with Gasteiger partial charge in [0.25, 0.3) is 5.91 Å². The molecule has 144 valence electrons. The SMILES string of the molecule is CCNC(=O)[C@H](C)N(Cc1ccc(Br)cc1)C(=O)COc1ccc(Br)cc1.